The number of amides is 5. The molecule has 11 rings (SSSR count). The summed E-state index contributed by atoms with van der Waals surface area (Å²) in [4.78, 5) is 65.4. The minimum absolute atomic E-state index is 0.829. The van der Waals surface area contributed by atoms with Gasteiger partial charge in [0.1, 0.15) is 262 Å². The van der Waals surface area contributed by atoms with E-state index in [4.69, 9.17) is 99.5 Å². The first-order valence-corrected chi connectivity index (χ1v) is 43.5. The number of ether oxygens (including phenoxy) is 21. The van der Waals surface area contributed by atoms with Gasteiger partial charge in [-0.25, -0.2) is 0 Å². The molecule has 0 aromatic carbocycles. The summed E-state index contributed by atoms with van der Waals surface area (Å²) < 4.78 is 128. The van der Waals surface area contributed by atoms with Crippen LogP contribution in [-0.4, -0.2) is 581 Å². The van der Waals surface area contributed by atoms with Gasteiger partial charge in [-0.1, -0.05) is 0 Å². The smallest absolute Gasteiger partial charge is 0.217 e. The molecule has 0 saturated carbocycles. The zero-order valence-corrected chi connectivity index (χ0v) is 73.4. The molecule has 0 aromatic heterocycles. The molecule has 136 heavy (non-hydrogen) atoms. The van der Waals surface area contributed by atoms with Crippen molar-refractivity contribution in [3.63, 3.8) is 0 Å². The number of carbonyl (C=O) groups excluding carboxylic acids is 5. The highest BCUT2D eigenvalue weighted by molar-refractivity contribution is 5.75. The summed E-state index contributed by atoms with van der Waals surface area (Å²) in [6.45, 7) is -6.10. The summed E-state index contributed by atoms with van der Waals surface area (Å²) in [6, 6.07) is -9.83. The van der Waals surface area contributed by atoms with Crippen LogP contribution in [0.1, 0.15) is 41.5 Å². The lowest BCUT2D eigenvalue weighted by molar-refractivity contribution is -0.409. The Balaban J connectivity index is 1.01. The van der Waals surface area contributed by atoms with Crippen LogP contribution < -0.4 is 26.6 Å². The van der Waals surface area contributed by atoms with Crippen LogP contribution in [0.25, 0.3) is 0 Å². The summed E-state index contributed by atoms with van der Waals surface area (Å²) in [5.41, 5.74) is 0. The van der Waals surface area contributed by atoms with E-state index in [0.29, 0.717) is 0 Å². The average molecular weight is 1990 g/mol. The van der Waals surface area contributed by atoms with Crippen molar-refractivity contribution in [1.82, 2.24) is 26.6 Å². The van der Waals surface area contributed by atoms with Crippen molar-refractivity contribution in [3.8, 4) is 0 Å². The highest BCUT2D eigenvalue weighted by Gasteiger charge is 2.64. The van der Waals surface area contributed by atoms with E-state index in [1.165, 1.54) is 6.92 Å². The van der Waals surface area contributed by atoms with E-state index >= 15 is 0 Å². The second kappa shape index (κ2) is 48.8. The summed E-state index contributed by atoms with van der Waals surface area (Å²) in [7, 11) is 0. The van der Waals surface area contributed by atoms with E-state index in [2.05, 4.69) is 26.6 Å². The first kappa shape index (κ1) is 112. The highest BCUT2D eigenvalue weighted by Crippen LogP contribution is 2.43. The van der Waals surface area contributed by atoms with E-state index in [-0.39, 0.29) is 0 Å². The minimum Gasteiger partial charge on any atom is -0.394 e. The predicted molar refractivity (Wildman–Crippen MR) is 419 cm³/mol. The van der Waals surface area contributed by atoms with Gasteiger partial charge in [-0.3, -0.25) is 24.0 Å². The van der Waals surface area contributed by atoms with Gasteiger partial charge in [-0.05, 0) is 6.92 Å². The molecule has 11 aliphatic heterocycles. The summed E-state index contributed by atoms with van der Waals surface area (Å²) >= 11 is 0. The van der Waals surface area contributed by atoms with Gasteiger partial charge >= 0.3 is 0 Å². The number of nitrogens with one attached hydrogen (secondary N) is 5. The van der Waals surface area contributed by atoms with Gasteiger partial charge in [-0.2, -0.15) is 0 Å². The van der Waals surface area contributed by atoms with Gasteiger partial charge in [0, 0.05) is 34.6 Å². The maximum atomic E-state index is 13.9. The standard InChI is InChI=1S/C76H127N5O55/c1-17-38(96)48(106)52(110)71(117-17)133-62-37(81-22(6)95)70(125-31(15-90)61(62)132-73-54(112)50(108)41(99)25(9-84)121-73)136-65-55(113)60(129-67-34(78-19(3)92)44(102)39(97)23(7-82)119-67)30(14-89)126-76(65)134-63-43(101)32(127-74(56(63)114)131-59-29(13-88)123-68(35(46(59)104)79-20(4)93)128-57-27(11-86)118-66(115)33(45(57)103)77-18(2)91)16-116-75-64(51(109)42(100)26(10-85)122-75)135-69-36(80-21(5)94)47(105)58(28(12-87)124-69)130-72-53(111)49(107)40(98)24(8-83)120-72/h17,23-76,82-90,96-115H,7-16H2,1-6H3,(H,77,91)(H,78,92)(H,79,93)(H,80,94)(H,81,95)/t17-,23+,24+,25+,26+,27+,28+,29+,30+,31+,32+,33+,34+,35+,36+,37+,38+,39+,40-,41-,42+,43+,44+,45+,46+,47+,48+,49-,50-,51-,52-,53+,54+,55-,56-,57+,58+,59+,60+,61+,62+,63-,64-,65-,66+,67-,68-,69-,70-,71-,72-,73-,74-,75-,76+/m0/s1. The monoisotopic (exact) mass is 1990 g/mol. The van der Waals surface area contributed by atoms with Crippen LogP contribution in [0.15, 0.2) is 0 Å². The van der Waals surface area contributed by atoms with Crippen molar-refractivity contribution in [2.45, 2.75) is 379 Å². The quantitative estimate of drug-likeness (QED) is 0.0280. The van der Waals surface area contributed by atoms with Crippen molar-refractivity contribution < 1.29 is 272 Å². The van der Waals surface area contributed by atoms with Crippen LogP contribution in [-0.2, 0) is 123 Å². The van der Waals surface area contributed by atoms with E-state index in [0.717, 1.165) is 34.6 Å². The van der Waals surface area contributed by atoms with Gasteiger partial charge in [0.2, 0.25) is 29.5 Å². The third-order valence-corrected chi connectivity index (χ3v) is 24.9. The number of hydrogen-bond acceptors (Lipinski definition) is 55. The molecule has 0 radical (unpaired) electrons. The first-order valence-electron chi connectivity index (χ1n) is 43.5. The van der Waals surface area contributed by atoms with Crippen LogP contribution in [0.4, 0.5) is 0 Å². The lowest BCUT2D eigenvalue weighted by atomic mass is 9.93. The SMILES string of the molecule is CC(=O)N[C@@H]1[C@@H](O)[C@H](O[C@@H]2O[C@H](CO)[C@@H](O[C@@H]3O[C@H](CO[C@H]4O[C@H](CO)[C@@H](O)[C@H](O)[C@@H]4O[C@@H]4O[C@H](CO)[C@@H](O[C@@H]5O[C@H](CO)[C@H](O)[C@H](O)[C@H]5O)[C@H](O)[C@H]4NC(C)=O)[C@@H](O)[C@H](O[C@H]4O[C@H](CO)[C@@H](O[C@@H]5O[C@H](CO)[C@@H](O)[C@H](O)[C@H]5NC(C)=O)[C@H](O)[C@@H]4O[C@@H]4O[C@H](CO)[C@@H](O[C@@H]5O[C@H](CO)[C@H](O)[C@H](O)[C@H]5O)[C@H](O[C@@H]5O[C@@H](C)[C@@H](O)[C@@H](O)[C@@H]5O)[C@H]4NC(C)=O)[C@@H]3O)[C@H](O)[C@H]2NC(C)=O)[C@@H](CO)O[C@H]1O. The fraction of sp³-hybridized carbons (Fsp3) is 0.934. The van der Waals surface area contributed by atoms with Gasteiger partial charge < -0.3 is 274 Å². The Morgan fingerprint density at radius 2 is 0.471 bits per heavy atom. The molecule has 34 N–H and O–H groups in total. The van der Waals surface area contributed by atoms with Crippen molar-refractivity contribution in [2.24, 2.45) is 0 Å². The van der Waals surface area contributed by atoms with Gasteiger partial charge in [-0.15, -0.1) is 0 Å². The first-order chi connectivity index (χ1) is 64.3. The minimum atomic E-state index is -2.76. The van der Waals surface area contributed by atoms with Crippen LogP contribution >= 0.6 is 0 Å². The van der Waals surface area contributed by atoms with Crippen LogP contribution in [0, 0.1) is 0 Å². The Bertz CT molecular complexity index is 3760. The largest absolute Gasteiger partial charge is 0.394 e. The third-order valence-electron chi connectivity index (χ3n) is 24.9. The van der Waals surface area contributed by atoms with Crippen molar-refractivity contribution in [1.29, 1.82) is 0 Å². The Morgan fingerprint density at radius 1 is 0.206 bits per heavy atom. The normalized spacial score (nSPS) is 49.2. The topological polar surface area (TPSA) is 926 Å². The Labute approximate surface area is 770 Å². The number of rotatable bonds is 35. The molecule has 0 spiro atoms. The number of hydrogen-bond donors (Lipinski definition) is 34. The number of aliphatic hydroxyl groups is 29. The maximum absolute atomic E-state index is 13.9. The molecule has 11 heterocycles. The average Bonchev–Trinajstić information content (AvgIpc) is 0.755. The van der Waals surface area contributed by atoms with E-state index in [1.807, 2.05) is 0 Å². The number of aliphatic hydroxyl groups excluding tert-OH is 29. The second-order valence-corrected chi connectivity index (χ2v) is 34.5. The zero-order chi connectivity index (χ0) is 100. The highest BCUT2D eigenvalue weighted by atomic mass is 16.8. The van der Waals surface area contributed by atoms with E-state index in [9.17, 15) is 172 Å². The fourth-order valence-electron chi connectivity index (χ4n) is 17.8. The lowest BCUT2D eigenvalue weighted by Crippen LogP contribution is -2.72. The maximum Gasteiger partial charge on any atom is 0.217 e. The molecule has 0 bridgehead atoms. The van der Waals surface area contributed by atoms with Crippen LogP contribution in [0.5, 0.6) is 0 Å². The van der Waals surface area contributed by atoms with Crippen LogP contribution in [0.3, 0.4) is 0 Å². The number of carbonyl (C=O) groups is 5. The zero-order valence-electron chi connectivity index (χ0n) is 73.4. The second-order valence-electron chi connectivity index (χ2n) is 34.5. The fourth-order valence-corrected chi connectivity index (χ4v) is 17.8. The van der Waals surface area contributed by atoms with Crippen molar-refractivity contribution >= 4 is 29.5 Å². The molecule has 11 fully saturated rings. The molecule has 0 unspecified atom stereocenters. The Morgan fingerprint density at radius 3 is 0.897 bits per heavy atom. The van der Waals surface area contributed by atoms with Crippen LogP contribution in [0.2, 0.25) is 0 Å². The molecular weight excluding hydrogens is 1860 g/mol. The summed E-state index contributed by atoms with van der Waals surface area (Å²) in [5, 5.41) is 340. The van der Waals surface area contributed by atoms with Gasteiger partial charge in [0.25, 0.3) is 0 Å². The van der Waals surface area contributed by atoms with Gasteiger partial charge in [0.15, 0.2) is 69.2 Å². The molecule has 5 amide bonds. The van der Waals surface area contributed by atoms with Gasteiger partial charge in [0.05, 0.1) is 72.2 Å². The molecule has 0 aliphatic carbocycles. The van der Waals surface area contributed by atoms with Crippen molar-refractivity contribution in [2.75, 3.05) is 66.1 Å². The Hall–Kier alpha value is -4.65. The predicted octanol–water partition coefficient (Wildman–Crippen LogP) is -23.2. The van der Waals surface area contributed by atoms with Crippen molar-refractivity contribution in [3.05, 3.63) is 0 Å². The summed E-state index contributed by atoms with van der Waals surface area (Å²) in [6.07, 6.45) is -109. The summed E-state index contributed by atoms with van der Waals surface area (Å²) in [5.74, 6) is -4.86. The molecule has 786 valence electrons. The molecule has 0 aromatic rings. The van der Waals surface area contributed by atoms with E-state index in [1.54, 1.807) is 0 Å². The molecule has 55 atom stereocenters. The third kappa shape index (κ3) is 24.6. The molecule has 11 aliphatic rings. The van der Waals surface area contributed by atoms with E-state index < -0.39 is 433 Å². The lowest BCUT2D eigenvalue weighted by Gasteiger charge is -2.53. The molecule has 11 saturated heterocycles. The molecule has 60 nitrogen and oxygen atoms in total. The molecule has 60 heteroatoms. The molecular formula is C76H127N5O55. The Kier molecular flexibility index (Phi) is 40.1.